The van der Waals surface area contributed by atoms with Gasteiger partial charge in [-0.05, 0) is 42.5 Å². The number of amides is 1. The minimum absolute atomic E-state index is 0.0476. The number of anilines is 2. The molecule has 0 radical (unpaired) electrons. The van der Waals surface area contributed by atoms with Crippen LogP contribution in [0.1, 0.15) is 15.9 Å². The van der Waals surface area contributed by atoms with E-state index in [4.69, 9.17) is 10.3 Å². The highest BCUT2D eigenvalue weighted by Gasteiger charge is 2.33. The van der Waals surface area contributed by atoms with Gasteiger partial charge in [0.1, 0.15) is 17.0 Å². The van der Waals surface area contributed by atoms with Gasteiger partial charge in [0, 0.05) is 37.4 Å². The molecular formula is C22H18F6N4O3. The highest BCUT2D eigenvalue weighted by molar-refractivity contribution is 6.03. The van der Waals surface area contributed by atoms with Crippen LogP contribution >= 0.6 is 0 Å². The lowest BCUT2D eigenvalue weighted by atomic mass is 10.1. The van der Waals surface area contributed by atoms with E-state index >= 15 is 0 Å². The summed E-state index contributed by atoms with van der Waals surface area (Å²) in [6, 6.07) is 9.62. The van der Waals surface area contributed by atoms with E-state index in [1.165, 1.54) is 23.1 Å². The first-order chi connectivity index (χ1) is 16.4. The number of carbonyl (C=O) groups excluding carboxylic acids is 1. The van der Waals surface area contributed by atoms with Crippen LogP contribution in [0.3, 0.4) is 0 Å². The molecule has 1 saturated heterocycles. The first-order valence-corrected chi connectivity index (χ1v) is 10.3. The number of piperazine rings is 1. The fourth-order valence-electron chi connectivity index (χ4n) is 3.73. The molecule has 4 rings (SSSR count). The Kier molecular flexibility index (Phi) is 6.26. The molecule has 3 aromatic rings. The lowest BCUT2D eigenvalue weighted by Gasteiger charge is -2.36. The van der Waals surface area contributed by atoms with Crippen molar-refractivity contribution in [1.29, 1.82) is 0 Å². The molecule has 2 N–H and O–H groups in total. The van der Waals surface area contributed by atoms with E-state index in [2.05, 4.69) is 9.89 Å². The molecule has 1 aliphatic heterocycles. The second-order valence-electron chi connectivity index (χ2n) is 7.67. The van der Waals surface area contributed by atoms with Gasteiger partial charge < -0.3 is 24.8 Å². The Morgan fingerprint density at radius 2 is 1.63 bits per heavy atom. The highest BCUT2D eigenvalue weighted by atomic mass is 19.4. The number of rotatable bonds is 4. The minimum atomic E-state index is -4.85. The van der Waals surface area contributed by atoms with Gasteiger partial charge >= 0.3 is 12.5 Å². The number of nitrogens with two attached hydrogens (primary N) is 1. The number of benzene rings is 2. The molecule has 1 aromatic heterocycles. The summed E-state index contributed by atoms with van der Waals surface area (Å²) in [4.78, 5) is 16.4. The molecule has 13 heteroatoms. The third-order valence-corrected chi connectivity index (χ3v) is 5.40. The van der Waals surface area contributed by atoms with Crippen LogP contribution in [0.4, 0.5) is 37.9 Å². The standard InChI is InChI=1S/C22H18F6N4O3/c23-21(24,25)14-2-1-3-15(12-14)31-8-10-32(11-9-31)20(33)17-18(30-35-19(17)29)13-4-6-16(7-5-13)34-22(26,27)28/h1-7,12H,8-11,29H2. The molecule has 0 bridgehead atoms. The van der Waals surface area contributed by atoms with Crippen LogP contribution in [-0.4, -0.2) is 48.5 Å². The van der Waals surface area contributed by atoms with Crippen molar-refractivity contribution in [3.05, 3.63) is 59.7 Å². The first-order valence-electron chi connectivity index (χ1n) is 10.3. The van der Waals surface area contributed by atoms with Crippen LogP contribution in [0.15, 0.2) is 53.1 Å². The molecule has 0 atom stereocenters. The van der Waals surface area contributed by atoms with Crippen molar-refractivity contribution in [3.8, 4) is 17.0 Å². The lowest BCUT2D eigenvalue weighted by Crippen LogP contribution is -2.49. The highest BCUT2D eigenvalue weighted by Crippen LogP contribution is 2.33. The van der Waals surface area contributed by atoms with Crippen LogP contribution in [0.2, 0.25) is 0 Å². The van der Waals surface area contributed by atoms with Gasteiger partial charge in [0.05, 0.1) is 5.56 Å². The van der Waals surface area contributed by atoms with Crippen LogP contribution in [0, 0.1) is 0 Å². The molecular weight excluding hydrogens is 482 g/mol. The fraction of sp³-hybridized carbons (Fsp3) is 0.273. The van der Waals surface area contributed by atoms with E-state index in [0.717, 1.165) is 24.3 Å². The molecule has 1 aliphatic rings. The largest absolute Gasteiger partial charge is 0.573 e. The zero-order valence-electron chi connectivity index (χ0n) is 17.9. The second kappa shape index (κ2) is 9.04. The molecule has 2 aromatic carbocycles. The van der Waals surface area contributed by atoms with E-state index in [-0.39, 0.29) is 48.9 Å². The van der Waals surface area contributed by atoms with Gasteiger partial charge in [-0.1, -0.05) is 11.2 Å². The number of halogens is 6. The number of aromatic nitrogens is 1. The summed E-state index contributed by atoms with van der Waals surface area (Å²) < 4.78 is 85.0. The maximum atomic E-state index is 13.2. The number of nitrogen functional groups attached to an aromatic ring is 1. The minimum Gasteiger partial charge on any atom is -0.406 e. The lowest BCUT2D eigenvalue weighted by molar-refractivity contribution is -0.274. The van der Waals surface area contributed by atoms with Gasteiger partial charge in [0.25, 0.3) is 5.91 Å². The summed E-state index contributed by atoms with van der Waals surface area (Å²) in [6.45, 7) is 0.934. The van der Waals surface area contributed by atoms with Crippen LogP contribution in [-0.2, 0) is 6.18 Å². The van der Waals surface area contributed by atoms with Gasteiger partial charge in [-0.25, -0.2) is 0 Å². The maximum Gasteiger partial charge on any atom is 0.573 e. The molecule has 7 nitrogen and oxygen atoms in total. The zero-order chi connectivity index (χ0) is 25.4. The number of carbonyl (C=O) groups is 1. The first kappa shape index (κ1) is 24.2. The van der Waals surface area contributed by atoms with Crippen LogP contribution in [0.5, 0.6) is 5.75 Å². The van der Waals surface area contributed by atoms with Gasteiger partial charge in [-0.2, -0.15) is 13.2 Å². The summed E-state index contributed by atoms with van der Waals surface area (Å²) in [6.07, 6.45) is -9.32. The summed E-state index contributed by atoms with van der Waals surface area (Å²) >= 11 is 0. The topological polar surface area (TPSA) is 84.8 Å². The van der Waals surface area contributed by atoms with Crippen LogP contribution < -0.4 is 15.4 Å². The number of nitrogens with zero attached hydrogens (tertiary/aromatic N) is 3. The smallest absolute Gasteiger partial charge is 0.406 e. The molecule has 1 fully saturated rings. The van der Waals surface area contributed by atoms with Gasteiger partial charge in [-0.15, -0.1) is 13.2 Å². The molecule has 2 heterocycles. The van der Waals surface area contributed by atoms with E-state index < -0.39 is 29.8 Å². The Bertz CT molecular complexity index is 1200. The summed E-state index contributed by atoms with van der Waals surface area (Å²) in [5.41, 5.74) is 5.71. The van der Waals surface area contributed by atoms with E-state index in [1.807, 2.05) is 0 Å². The third-order valence-electron chi connectivity index (χ3n) is 5.40. The van der Waals surface area contributed by atoms with E-state index in [0.29, 0.717) is 5.69 Å². The van der Waals surface area contributed by atoms with Crippen LogP contribution in [0.25, 0.3) is 11.3 Å². The fourth-order valence-corrected chi connectivity index (χ4v) is 3.73. The summed E-state index contributed by atoms with van der Waals surface area (Å²) in [5, 5.41) is 3.77. The summed E-state index contributed by atoms with van der Waals surface area (Å²) in [5.74, 6) is -1.23. The maximum absolute atomic E-state index is 13.2. The van der Waals surface area contributed by atoms with Crippen molar-refractivity contribution in [3.63, 3.8) is 0 Å². The molecule has 0 spiro atoms. The number of hydrogen-bond acceptors (Lipinski definition) is 6. The molecule has 0 unspecified atom stereocenters. The number of alkyl halides is 6. The van der Waals surface area contributed by atoms with Crippen molar-refractivity contribution >= 4 is 17.5 Å². The van der Waals surface area contributed by atoms with Crippen molar-refractivity contribution in [2.45, 2.75) is 12.5 Å². The predicted molar refractivity (Wildman–Crippen MR) is 113 cm³/mol. The van der Waals surface area contributed by atoms with Crippen molar-refractivity contribution in [2.24, 2.45) is 0 Å². The SMILES string of the molecule is Nc1onc(-c2ccc(OC(F)(F)F)cc2)c1C(=O)N1CCN(c2cccc(C(F)(F)F)c2)CC1. The molecule has 186 valence electrons. The Morgan fingerprint density at radius 3 is 2.23 bits per heavy atom. The normalized spacial score (nSPS) is 14.8. The zero-order valence-corrected chi connectivity index (χ0v) is 17.9. The number of ether oxygens (including phenoxy) is 1. The monoisotopic (exact) mass is 500 g/mol. The quantitative estimate of drug-likeness (QED) is 0.518. The molecule has 0 aliphatic carbocycles. The Hall–Kier alpha value is -3.90. The Morgan fingerprint density at radius 1 is 0.971 bits per heavy atom. The average Bonchev–Trinajstić information content (AvgIpc) is 3.19. The predicted octanol–water partition coefficient (Wildman–Crippen LogP) is 4.80. The average molecular weight is 500 g/mol. The second-order valence-corrected chi connectivity index (χ2v) is 7.67. The van der Waals surface area contributed by atoms with E-state index in [1.54, 1.807) is 11.0 Å². The van der Waals surface area contributed by atoms with Gasteiger partial charge in [0.2, 0.25) is 5.88 Å². The number of hydrogen-bond donors (Lipinski definition) is 1. The van der Waals surface area contributed by atoms with Gasteiger partial charge in [0.15, 0.2) is 0 Å². The van der Waals surface area contributed by atoms with Crippen molar-refractivity contribution in [2.75, 3.05) is 36.8 Å². The molecule has 35 heavy (non-hydrogen) atoms. The van der Waals surface area contributed by atoms with Gasteiger partial charge in [-0.3, -0.25) is 4.79 Å². The van der Waals surface area contributed by atoms with Crippen molar-refractivity contribution < 1.29 is 40.4 Å². The molecule has 1 amide bonds. The Labute approximate surface area is 194 Å². The summed E-state index contributed by atoms with van der Waals surface area (Å²) in [7, 11) is 0. The Balaban J connectivity index is 1.48. The molecule has 0 saturated carbocycles. The van der Waals surface area contributed by atoms with E-state index in [9.17, 15) is 31.1 Å². The third kappa shape index (κ3) is 5.44. The van der Waals surface area contributed by atoms with Crippen molar-refractivity contribution in [1.82, 2.24) is 10.1 Å².